The first-order valence-electron chi connectivity index (χ1n) is 6.99. The Morgan fingerprint density at radius 2 is 2.23 bits per heavy atom. The van der Waals surface area contributed by atoms with Gasteiger partial charge in [0.05, 0.1) is 12.5 Å². The van der Waals surface area contributed by atoms with E-state index >= 15 is 0 Å². The van der Waals surface area contributed by atoms with E-state index in [4.69, 9.17) is 4.74 Å². The second kappa shape index (κ2) is 5.35. The van der Waals surface area contributed by atoms with Crippen molar-refractivity contribution < 1.29 is 19.1 Å². The predicted octanol–water partition coefficient (Wildman–Crippen LogP) is 2.35. The lowest BCUT2D eigenvalue weighted by atomic mass is 9.66. The van der Waals surface area contributed by atoms with Crippen molar-refractivity contribution in [2.24, 2.45) is 5.92 Å². The molecule has 0 radical (unpaired) electrons. The molecule has 114 valence electrons. The minimum atomic E-state index is -1.18. The Kier molecular flexibility index (Phi) is 3.64. The van der Waals surface area contributed by atoms with Gasteiger partial charge in [0.25, 0.3) is 0 Å². The minimum absolute atomic E-state index is 0.0330. The molecule has 2 aliphatic rings. The standard InChI is InChI=1S/C16H14BrNO4/c1-2-22-14(20)12-8-10(19)5-6-16(12)11-7-9(17)3-4-13(11)18-15(16)21/h3-7,12H,2,8H2,1H3,(H,18,21)/t12-,16-/m1/s1. The summed E-state index contributed by atoms with van der Waals surface area (Å²) in [5.74, 6) is -1.86. The van der Waals surface area contributed by atoms with Crippen LogP contribution < -0.4 is 5.32 Å². The highest BCUT2D eigenvalue weighted by atomic mass is 79.9. The molecule has 22 heavy (non-hydrogen) atoms. The maximum absolute atomic E-state index is 12.6. The first-order valence-corrected chi connectivity index (χ1v) is 7.78. The van der Waals surface area contributed by atoms with Crippen molar-refractivity contribution in [3.8, 4) is 0 Å². The molecule has 1 spiro atoms. The summed E-state index contributed by atoms with van der Waals surface area (Å²) in [5, 5.41) is 2.80. The molecule has 1 aromatic rings. The molecule has 1 aliphatic heterocycles. The van der Waals surface area contributed by atoms with E-state index in [0.717, 1.165) is 4.47 Å². The lowest BCUT2D eigenvalue weighted by Gasteiger charge is -2.33. The Hall–Kier alpha value is -1.95. The van der Waals surface area contributed by atoms with Gasteiger partial charge in [-0.15, -0.1) is 0 Å². The van der Waals surface area contributed by atoms with E-state index in [0.29, 0.717) is 11.3 Å². The zero-order valence-corrected chi connectivity index (χ0v) is 13.5. The molecule has 1 N–H and O–H groups in total. The molecule has 1 heterocycles. The van der Waals surface area contributed by atoms with Gasteiger partial charge in [-0.25, -0.2) is 0 Å². The van der Waals surface area contributed by atoms with Crippen molar-refractivity contribution in [1.29, 1.82) is 0 Å². The monoisotopic (exact) mass is 363 g/mol. The number of anilines is 1. The molecule has 0 saturated heterocycles. The van der Waals surface area contributed by atoms with Gasteiger partial charge >= 0.3 is 5.97 Å². The molecular weight excluding hydrogens is 350 g/mol. The van der Waals surface area contributed by atoms with Gasteiger partial charge < -0.3 is 10.1 Å². The number of fused-ring (bicyclic) bond motifs is 2. The minimum Gasteiger partial charge on any atom is -0.466 e. The molecule has 1 aliphatic carbocycles. The van der Waals surface area contributed by atoms with Crippen LogP contribution in [0.15, 0.2) is 34.8 Å². The average Bonchev–Trinajstić information content (AvgIpc) is 2.75. The predicted molar refractivity (Wildman–Crippen MR) is 83.3 cm³/mol. The highest BCUT2D eigenvalue weighted by Gasteiger charge is 2.56. The van der Waals surface area contributed by atoms with Crippen LogP contribution in [0.3, 0.4) is 0 Å². The second-order valence-corrected chi connectivity index (χ2v) is 6.24. The third-order valence-electron chi connectivity index (χ3n) is 4.11. The number of ether oxygens (including phenoxy) is 1. The molecule has 5 nitrogen and oxygen atoms in total. The van der Waals surface area contributed by atoms with E-state index in [-0.39, 0.29) is 24.7 Å². The summed E-state index contributed by atoms with van der Waals surface area (Å²) in [6.45, 7) is 1.90. The van der Waals surface area contributed by atoms with Crippen LogP contribution in [0.1, 0.15) is 18.9 Å². The van der Waals surface area contributed by atoms with Crippen molar-refractivity contribution >= 4 is 39.3 Å². The third-order valence-corrected chi connectivity index (χ3v) is 4.60. The lowest BCUT2D eigenvalue weighted by molar-refractivity contribution is -0.153. The van der Waals surface area contributed by atoms with E-state index in [9.17, 15) is 14.4 Å². The number of hydrogen-bond acceptors (Lipinski definition) is 4. The normalized spacial score (nSPS) is 26.0. The van der Waals surface area contributed by atoms with Crippen LogP contribution in [0.4, 0.5) is 5.69 Å². The Morgan fingerprint density at radius 1 is 1.45 bits per heavy atom. The topological polar surface area (TPSA) is 72.5 Å². The zero-order chi connectivity index (χ0) is 15.9. The number of nitrogens with one attached hydrogen (secondary N) is 1. The third kappa shape index (κ3) is 2.09. The number of carbonyl (C=O) groups is 3. The van der Waals surface area contributed by atoms with Gasteiger partial charge in [0.1, 0.15) is 5.41 Å². The van der Waals surface area contributed by atoms with Crippen molar-refractivity contribution in [3.63, 3.8) is 0 Å². The zero-order valence-electron chi connectivity index (χ0n) is 11.9. The summed E-state index contributed by atoms with van der Waals surface area (Å²) >= 11 is 3.39. The summed E-state index contributed by atoms with van der Waals surface area (Å²) in [6.07, 6.45) is 2.88. The highest BCUT2D eigenvalue weighted by molar-refractivity contribution is 9.10. The fraction of sp³-hybridized carbons (Fsp3) is 0.312. The number of allylic oxidation sites excluding steroid dienone is 1. The van der Waals surface area contributed by atoms with Gasteiger partial charge in [-0.3, -0.25) is 14.4 Å². The quantitative estimate of drug-likeness (QED) is 0.818. The van der Waals surface area contributed by atoms with Crippen LogP contribution in [0.2, 0.25) is 0 Å². The number of rotatable bonds is 2. The number of esters is 1. The van der Waals surface area contributed by atoms with Gasteiger partial charge in [-0.05, 0) is 36.8 Å². The Labute approximate surface area is 135 Å². The summed E-state index contributed by atoms with van der Waals surface area (Å²) in [5.41, 5.74) is 0.161. The maximum atomic E-state index is 12.6. The van der Waals surface area contributed by atoms with E-state index in [1.54, 1.807) is 19.1 Å². The molecule has 0 unspecified atom stereocenters. The van der Waals surface area contributed by atoms with Gasteiger partial charge in [0.2, 0.25) is 5.91 Å². The number of amides is 1. The molecule has 0 fully saturated rings. The molecule has 0 aromatic heterocycles. The summed E-state index contributed by atoms with van der Waals surface area (Å²) in [4.78, 5) is 36.8. The Balaban J connectivity index is 2.19. The van der Waals surface area contributed by atoms with Crippen LogP contribution in [0.5, 0.6) is 0 Å². The van der Waals surface area contributed by atoms with Crippen LogP contribution in [0.25, 0.3) is 0 Å². The molecule has 6 heteroatoms. The fourth-order valence-electron chi connectivity index (χ4n) is 3.11. The molecule has 0 saturated carbocycles. The molecule has 0 bridgehead atoms. The number of ketones is 1. The van der Waals surface area contributed by atoms with Gasteiger partial charge in [-0.1, -0.05) is 22.0 Å². The summed E-state index contributed by atoms with van der Waals surface area (Å²) in [7, 11) is 0. The SMILES string of the molecule is CCOC(=O)[C@H]1CC(=O)C=C[C@]12C(=O)Nc1ccc(Br)cc12. The molecule has 1 aromatic carbocycles. The molecule has 2 atom stereocenters. The van der Waals surface area contributed by atoms with E-state index < -0.39 is 17.3 Å². The number of halogens is 1. The smallest absolute Gasteiger partial charge is 0.311 e. The fourth-order valence-corrected chi connectivity index (χ4v) is 3.47. The maximum Gasteiger partial charge on any atom is 0.311 e. The van der Waals surface area contributed by atoms with E-state index in [2.05, 4.69) is 21.2 Å². The van der Waals surface area contributed by atoms with Gasteiger partial charge in [0, 0.05) is 16.6 Å². The lowest BCUT2D eigenvalue weighted by Crippen LogP contribution is -2.47. The molecule has 3 rings (SSSR count). The first-order chi connectivity index (χ1) is 10.5. The van der Waals surface area contributed by atoms with Crippen LogP contribution in [0, 0.1) is 5.92 Å². The van der Waals surface area contributed by atoms with Gasteiger partial charge in [0.15, 0.2) is 5.78 Å². The van der Waals surface area contributed by atoms with Crippen LogP contribution in [-0.2, 0) is 24.5 Å². The van der Waals surface area contributed by atoms with Crippen molar-refractivity contribution in [1.82, 2.24) is 0 Å². The number of hydrogen-bond donors (Lipinski definition) is 1. The first kappa shape index (κ1) is 15.0. The van der Waals surface area contributed by atoms with E-state index in [1.165, 1.54) is 12.2 Å². The van der Waals surface area contributed by atoms with Gasteiger partial charge in [-0.2, -0.15) is 0 Å². The number of carbonyl (C=O) groups excluding carboxylic acids is 3. The Bertz CT molecular complexity index is 712. The van der Waals surface area contributed by atoms with Crippen molar-refractivity contribution in [2.75, 3.05) is 11.9 Å². The van der Waals surface area contributed by atoms with Crippen molar-refractivity contribution in [3.05, 3.63) is 40.4 Å². The van der Waals surface area contributed by atoms with E-state index in [1.807, 2.05) is 6.07 Å². The molecular formula is C16H14BrNO4. The second-order valence-electron chi connectivity index (χ2n) is 5.32. The average molecular weight is 364 g/mol. The Morgan fingerprint density at radius 3 is 2.95 bits per heavy atom. The molecule has 1 amide bonds. The summed E-state index contributed by atoms with van der Waals surface area (Å²) < 4.78 is 5.89. The number of benzene rings is 1. The largest absolute Gasteiger partial charge is 0.466 e. The van der Waals surface area contributed by atoms with Crippen LogP contribution in [-0.4, -0.2) is 24.3 Å². The van der Waals surface area contributed by atoms with Crippen molar-refractivity contribution in [2.45, 2.75) is 18.8 Å². The highest BCUT2D eigenvalue weighted by Crippen LogP contribution is 2.48. The summed E-state index contributed by atoms with van der Waals surface area (Å²) in [6, 6.07) is 5.40. The van der Waals surface area contributed by atoms with Crippen LogP contribution >= 0.6 is 15.9 Å².